The molecule has 0 amide bonds. The van der Waals surface area contributed by atoms with Gasteiger partial charge in [0.15, 0.2) is 0 Å². The van der Waals surface area contributed by atoms with Gasteiger partial charge in [0.1, 0.15) is 6.61 Å². The second-order valence-electron chi connectivity index (χ2n) is 8.16. The Hall–Kier alpha value is -1.27. The van der Waals surface area contributed by atoms with E-state index in [1.54, 1.807) is 6.08 Å². The molecule has 0 aromatic heterocycles. The van der Waals surface area contributed by atoms with Crippen molar-refractivity contribution in [1.82, 2.24) is 0 Å². The monoisotopic (exact) mass is 362 g/mol. The normalized spacial score (nSPS) is 14.4. The quantitative estimate of drug-likeness (QED) is 0.327. The van der Waals surface area contributed by atoms with E-state index in [1.807, 2.05) is 0 Å². The van der Waals surface area contributed by atoms with E-state index in [-0.39, 0.29) is 0 Å². The van der Waals surface area contributed by atoms with Gasteiger partial charge in [0.2, 0.25) is 8.32 Å². The average Bonchev–Trinajstić information content (AvgIpc) is 2.49. The van der Waals surface area contributed by atoms with E-state index in [1.165, 1.54) is 5.19 Å². The van der Waals surface area contributed by atoms with Crippen molar-refractivity contribution in [1.29, 1.82) is 0 Å². The second kappa shape index (κ2) is 8.72. The van der Waals surface area contributed by atoms with Crippen LogP contribution in [-0.2, 0) is 9.16 Å². The van der Waals surface area contributed by atoms with Crippen LogP contribution in [0.15, 0.2) is 55.0 Å². The summed E-state index contributed by atoms with van der Waals surface area (Å²) in [6, 6.07) is 10.9. The Morgan fingerprint density at radius 2 is 1.67 bits per heavy atom. The lowest BCUT2D eigenvalue weighted by Crippen LogP contribution is -2.47. The maximum Gasteiger partial charge on any atom is 0.261 e. The summed E-state index contributed by atoms with van der Waals surface area (Å²) < 4.78 is 12.1. The topological polar surface area (TPSA) is 18.5 Å². The molecule has 24 heavy (non-hydrogen) atoms. The molecule has 0 bridgehead atoms. The summed E-state index contributed by atoms with van der Waals surface area (Å²) in [6.45, 7) is 20.2. The first-order valence-corrected chi connectivity index (χ1v) is 15.3. The molecule has 1 atom stereocenters. The van der Waals surface area contributed by atoms with Gasteiger partial charge in [0.05, 0.1) is 8.07 Å². The van der Waals surface area contributed by atoms with Crippen LogP contribution in [0.1, 0.15) is 13.8 Å². The molecule has 4 heteroatoms. The lowest BCUT2D eigenvalue weighted by atomic mass is 10.1. The fourth-order valence-corrected chi connectivity index (χ4v) is 7.38. The SMILES string of the molecule is C=CCO/C(=C/C(C(C)C)[Si](C)(C)c1ccccc1)O[Si](C)(C)C. The molecule has 1 unspecified atom stereocenters. The van der Waals surface area contributed by atoms with E-state index in [4.69, 9.17) is 9.16 Å². The van der Waals surface area contributed by atoms with E-state index in [2.05, 4.69) is 89.6 Å². The first-order valence-electron chi connectivity index (χ1n) is 8.78. The van der Waals surface area contributed by atoms with Crippen molar-refractivity contribution in [3.63, 3.8) is 0 Å². The minimum atomic E-state index is -1.72. The zero-order valence-electron chi connectivity index (χ0n) is 16.4. The fraction of sp³-hybridized carbons (Fsp3) is 0.500. The molecule has 0 saturated carbocycles. The third kappa shape index (κ3) is 6.32. The maximum atomic E-state index is 6.20. The summed E-state index contributed by atoms with van der Waals surface area (Å²) in [7, 11) is -3.42. The van der Waals surface area contributed by atoms with Crippen molar-refractivity contribution in [3.05, 3.63) is 55.0 Å². The van der Waals surface area contributed by atoms with Crippen LogP contribution in [0.5, 0.6) is 0 Å². The molecular formula is C20H34O2Si2. The third-order valence-corrected chi connectivity index (χ3v) is 9.27. The zero-order valence-corrected chi connectivity index (χ0v) is 18.4. The van der Waals surface area contributed by atoms with Gasteiger partial charge in [-0.3, -0.25) is 0 Å². The smallest absolute Gasteiger partial charge is 0.261 e. The van der Waals surface area contributed by atoms with Crippen LogP contribution in [0.3, 0.4) is 0 Å². The molecule has 1 aromatic rings. The van der Waals surface area contributed by atoms with Crippen molar-refractivity contribution in [2.24, 2.45) is 5.92 Å². The summed E-state index contributed by atoms with van der Waals surface area (Å²) >= 11 is 0. The number of hydrogen-bond acceptors (Lipinski definition) is 2. The molecule has 1 aromatic carbocycles. The van der Waals surface area contributed by atoms with Gasteiger partial charge in [-0.05, 0) is 37.2 Å². The first kappa shape index (κ1) is 20.8. The van der Waals surface area contributed by atoms with Crippen molar-refractivity contribution >= 4 is 21.6 Å². The molecule has 134 valence electrons. The Bertz CT molecular complexity index is 543. The molecule has 0 fully saturated rings. The average molecular weight is 363 g/mol. The highest BCUT2D eigenvalue weighted by atomic mass is 28.4. The summed E-state index contributed by atoms with van der Waals surface area (Å²) in [5.74, 6) is 1.21. The summed E-state index contributed by atoms with van der Waals surface area (Å²) in [6.07, 6.45) is 4.01. The van der Waals surface area contributed by atoms with Crippen molar-refractivity contribution in [2.75, 3.05) is 6.61 Å². The van der Waals surface area contributed by atoms with E-state index in [0.29, 0.717) is 24.0 Å². The number of allylic oxidation sites excluding steroid dienone is 1. The molecule has 0 aliphatic heterocycles. The highest BCUT2D eigenvalue weighted by Crippen LogP contribution is 2.33. The van der Waals surface area contributed by atoms with Gasteiger partial charge in [0.25, 0.3) is 5.95 Å². The number of hydrogen-bond donors (Lipinski definition) is 0. The Morgan fingerprint density at radius 3 is 2.12 bits per heavy atom. The molecule has 1 rings (SSSR count). The number of ether oxygens (including phenoxy) is 1. The predicted molar refractivity (Wildman–Crippen MR) is 111 cm³/mol. The molecule has 2 nitrogen and oxygen atoms in total. The zero-order chi connectivity index (χ0) is 18.4. The standard InChI is InChI=1S/C20H34O2Si2/c1-9-15-21-20(22-23(4,5)6)16-19(17(2)3)24(7,8)18-13-11-10-12-14-18/h9-14,16-17,19H,1,15H2,2-8H3/b20-16-. The van der Waals surface area contributed by atoms with Crippen molar-refractivity contribution in [2.45, 2.75) is 52.1 Å². The molecule has 0 aliphatic carbocycles. The van der Waals surface area contributed by atoms with Gasteiger partial charge in [-0.2, -0.15) is 0 Å². The first-order chi connectivity index (χ1) is 11.1. The Kier molecular flexibility index (Phi) is 7.55. The highest BCUT2D eigenvalue weighted by molar-refractivity contribution is 6.91. The highest BCUT2D eigenvalue weighted by Gasteiger charge is 2.35. The Balaban J connectivity index is 3.21. The van der Waals surface area contributed by atoms with E-state index in [9.17, 15) is 0 Å². The lowest BCUT2D eigenvalue weighted by Gasteiger charge is -2.35. The number of rotatable bonds is 9. The third-order valence-electron chi connectivity index (χ3n) is 4.14. The van der Waals surface area contributed by atoms with Crippen LogP contribution in [-0.4, -0.2) is 23.0 Å². The van der Waals surface area contributed by atoms with Crippen LogP contribution >= 0.6 is 0 Å². The molecule has 0 aliphatic rings. The van der Waals surface area contributed by atoms with Gasteiger partial charge in [-0.25, -0.2) is 0 Å². The minimum absolute atomic E-state index is 0.441. The van der Waals surface area contributed by atoms with Gasteiger partial charge in [0, 0.05) is 0 Å². The van der Waals surface area contributed by atoms with E-state index >= 15 is 0 Å². The van der Waals surface area contributed by atoms with Gasteiger partial charge >= 0.3 is 0 Å². The molecular weight excluding hydrogens is 328 g/mol. The van der Waals surface area contributed by atoms with Gasteiger partial charge < -0.3 is 9.16 Å². The van der Waals surface area contributed by atoms with Crippen molar-refractivity contribution < 1.29 is 9.16 Å². The van der Waals surface area contributed by atoms with Crippen LogP contribution in [0.2, 0.25) is 38.3 Å². The Morgan fingerprint density at radius 1 is 1.08 bits per heavy atom. The summed E-state index contributed by atoms with van der Waals surface area (Å²) in [4.78, 5) is 0. The molecule has 0 saturated heterocycles. The Labute approximate surface area is 150 Å². The van der Waals surface area contributed by atoms with Crippen molar-refractivity contribution in [3.8, 4) is 0 Å². The molecule has 0 N–H and O–H groups in total. The van der Waals surface area contributed by atoms with Gasteiger partial charge in [-0.15, -0.1) is 0 Å². The molecule has 0 radical (unpaired) electrons. The maximum absolute atomic E-state index is 6.20. The summed E-state index contributed by atoms with van der Waals surface area (Å²) in [5, 5.41) is 1.47. The molecule has 0 spiro atoms. The lowest BCUT2D eigenvalue weighted by molar-refractivity contribution is 0.120. The number of benzene rings is 1. The largest absolute Gasteiger partial charge is 0.520 e. The van der Waals surface area contributed by atoms with E-state index in [0.717, 1.165) is 0 Å². The summed E-state index contributed by atoms with van der Waals surface area (Å²) in [5.41, 5.74) is 0.441. The van der Waals surface area contributed by atoms with Crippen LogP contribution in [0.4, 0.5) is 0 Å². The fourth-order valence-electron chi connectivity index (χ4n) is 3.00. The second-order valence-corrected chi connectivity index (χ2v) is 17.3. The molecule has 0 heterocycles. The predicted octanol–water partition coefficient (Wildman–Crippen LogP) is 5.52. The van der Waals surface area contributed by atoms with Gasteiger partial charge in [-0.1, -0.05) is 75.1 Å². The van der Waals surface area contributed by atoms with E-state index < -0.39 is 16.4 Å². The van der Waals surface area contributed by atoms with Crippen LogP contribution in [0.25, 0.3) is 0 Å². The minimum Gasteiger partial charge on any atom is -0.520 e. The van der Waals surface area contributed by atoms with Crippen LogP contribution in [0, 0.1) is 5.92 Å². The van der Waals surface area contributed by atoms with Crippen LogP contribution < -0.4 is 5.19 Å².